The molecule has 0 radical (unpaired) electrons. The summed E-state index contributed by atoms with van der Waals surface area (Å²) in [5.41, 5.74) is 7.06. The van der Waals surface area contributed by atoms with E-state index in [1.807, 2.05) is 26.0 Å². The normalized spacial score (nSPS) is 12.7. The van der Waals surface area contributed by atoms with Crippen LogP contribution in [-0.2, 0) is 4.79 Å². The summed E-state index contributed by atoms with van der Waals surface area (Å²) in [4.78, 5) is 13.4. The summed E-state index contributed by atoms with van der Waals surface area (Å²) in [5.74, 6) is -0.0502. The summed E-state index contributed by atoms with van der Waals surface area (Å²) in [7, 11) is 1.79. The second-order valence-corrected chi connectivity index (χ2v) is 5.06. The number of hydrogen-bond donors (Lipinski definition) is 3. The highest BCUT2D eigenvalue weighted by atomic mass is 16.3. The Balaban J connectivity index is 2.50. The van der Waals surface area contributed by atoms with Crippen LogP contribution in [0, 0.1) is 0 Å². The minimum atomic E-state index is -0.696. The number of nitrogens with zero attached hydrogens (tertiary/aromatic N) is 1. The number of para-hydroxylation sites is 1. The average Bonchev–Trinajstić information content (AvgIpc) is 2.27. The lowest BCUT2D eigenvalue weighted by atomic mass is 10.1. The summed E-state index contributed by atoms with van der Waals surface area (Å²) >= 11 is 0. The van der Waals surface area contributed by atoms with E-state index in [9.17, 15) is 9.90 Å². The quantitative estimate of drug-likeness (QED) is 0.664. The number of hydrogen-bond acceptors (Lipinski definition) is 4. The monoisotopic (exact) mass is 265 g/mol. The van der Waals surface area contributed by atoms with Crippen molar-refractivity contribution in [3.05, 3.63) is 29.8 Å². The van der Waals surface area contributed by atoms with Crippen LogP contribution in [0.2, 0.25) is 0 Å². The van der Waals surface area contributed by atoms with Crippen molar-refractivity contribution in [2.45, 2.75) is 26.0 Å². The van der Waals surface area contributed by atoms with Crippen molar-refractivity contribution in [1.29, 1.82) is 0 Å². The van der Waals surface area contributed by atoms with Crippen molar-refractivity contribution in [2.24, 2.45) is 0 Å². The first-order valence-electron chi connectivity index (χ1n) is 6.40. The minimum Gasteiger partial charge on any atom is -0.398 e. The van der Waals surface area contributed by atoms with Gasteiger partial charge in [0.25, 0.3) is 0 Å². The van der Waals surface area contributed by atoms with Crippen LogP contribution < -0.4 is 11.1 Å². The van der Waals surface area contributed by atoms with Crippen LogP contribution in [0.3, 0.4) is 0 Å². The van der Waals surface area contributed by atoms with Gasteiger partial charge in [-0.1, -0.05) is 18.2 Å². The molecule has 0 bridgehead atoms. The topological polar surface area (TPSA) is 78.6 Å². The van der Waals surface area contributed by atoms with Crippen LogP contribution in [0.4, 0.5) is 5.69 Å². The zero-order chi connectivity index (χ0) is 14.4. The van der Waals surface area contributed by atoms with Gasteiger partial charge in [0.05, 0.1) is 12.6 Å². The largest absolute Gasteiger partial charge is 0.398 e. The van der Waals surface area contributed by atoms with Gasteiger partial charge in [-0.15, -0.1) is 0 Å². The SMILES string of the molecule is CC(C)NC(=O)CN(C)CC(O)c1ccccc1N. The first kappa shape index (κ1) is 15.5. The van der Waals surface area contributed by atoms with Crippen LogP contribution in [0.15, 0.2) is 24.3 Å². The Morgan fingerprint density at radius 1 is 1.42 bits per heavy atom. The Kier molecular flexibility index (Phi) is 5.79. The third-order valence-corrected chi connectivity index (χ3v) is 2.70. The Morgan fingerprint density at radius 2 is 2.05 bits per heavy atom. The molecule has 0 spiro atoms. The molecule has 1 aromatic carbocycles. The van der Waals surface area contributed by atoms with Crippen molar-refractivity contribution in [1.82, 2.24) is 10.2 Å². The van der Waals surface area contributed by atoms with Crippen molar-refractivity contribution < 1.29 is 9.90 Å². The number of benzene rings is 1. The van der Waals surface area contributed by atoms with Gasteiger partial charge < -0.3 is 16.2 Å². The van der Waals surface area contributed by atoms with Crippen LogP contribution in [0.25, 0.3) is 0 Å². The zero-order valence-corrected chi connectivity index (χ0v) is 11.8. The van der Waals surface area contributed by atoms with Crippen LogP contribution in [0.1, 0.15) is 25.5 Å². The minimum absolute atomic E-state index is 0.0502. The molecule has 0 aliphatic carbocycles. The van der Waals surface area contributed by atoms with E-state index in [-0.39, 0.29) is 18.5 Å². The maximum atomic E-state index is 11.6. The predicted octanol–water partition coefficient (Wildman–Crippen LogP) is 0.759. The lowest BCUT2D eigenvalue weighted by Gasteiger charge is -2.21. The smallest absolute Gasteiger partial charge is 0.234 e. The zero-order valence-electron chi connectivity index (χ0n) is 11.8. The first-order chi connectivity index (χ1) is 8.90. The number of rotatable bonds is 6. The number of anilines is 1. The summed E-state index contributed by atoms with van der Waals surface area (Å²) in [6.45, 7) is 4.44. The van der Waals surface area contributed by atoms with Gasteiger partial charge in [0.15, 0.2) is 0 Å². The molecule has 0 aliphatic rings. The predicted molar refractivity (Wildman–Crippen MR) is 76.6 cm³/mol. The molecule has 0 aliphatic heterocycles. The third kappa shape index (κ3) is 5.28. The Bertz CT molecular complexity index is 421. The molecular formula is C14H23N3O2. The van der Waals surface area contributed by atoms with Gasteiger partial charge in [-0.25, -0.2) is 0 Å². The molecule has 0 heterocycles. The van der Waals surface area contributed by atoms with Crippen LogP contribution >= 0.6 is 0 Å². The number of nitrogens with one attached hydrogen (secondary N) is 1. The number of amides is 1. The maximum Gasteiger partial charge on any atom is 0.234 e. The Labute approximate surface area is 114 Å². The molecule has 19 heavy (non-hydrogen) atoms. The number of nitrogens with two attached hydrogens (primary N) is 1. The van der Waals surface area contributed by atoms with E-state index < -0.39 is 6.10 Å². The number of aliphatic hydroxyl groups is 1. The molecule has 0 fully saturated rings. The molecule has 1 unspecified atom stereocenters. The number of carbonyl (C=O) groups excluding carboxylic acids is 1. The molecule has 1 amide bonds. The molecular weight excluding hydrogens is 242 g/mol. The lowest BCUT2D eigenvalue weighted by molar-refractivity contribution is -0.122. The number of likely N-dealkylation sites (N-methyl/N-ethyl adjacent to an activating group) is 1. The van der Waals surface area contributed by atoms with Gasteiger partial charge in [0, 0.05) is 23.8 Å². The van der Waals surface area contributed by atoms with Gasteiger partial charge in [-0.2, -0.15) is 0 Å². The number of carbonyl (C=O) groups is 1. The third-order valence-electron chi connectivity index (χ3n) is 2.70. The standard InChI is InChI=1S/C14H23N3O2/c1-10(2)16-14(19)9-17(3)8-13(18)11-6-4-5-7-12(11)15/h4-7,10,13,18H,8-9,15H2,1-3H3,(H,16,19). The van der Waals surface area contributed by atoms with E-state index in [2.05, 4.69) is 5.32 Å². The summed E-state index contributed by atoms with van der Waals surface area (Å²) in [6.07, 6.45) is -0.696. The molecule has 1 atom stereocenters. The fraction of sp³-hybridized carbons (Fsp3) is 0.500. The molecule has 1 aromatic rings. The molecule has 0 saturated heterocycles. The highest BCUT2D eigenvalue weighted by molar-refractivity contribution is 5.78. The van der Waals surface area contributed by atoms with Crippen LogP contribution in [-0.4, -0.2) is 42.1 Å². The summed E-state index contributed by atoms with van der Waals surface area (Å²) < 4.78 is 0. The number of nitrogen functional groups attached to an aromatic ring is 1. The molecule has 4 N–H and O–H groups in total. The van der Waals surface area contributed by atoms with E-state index in [4.69, 9.17) is 5.73 Å². The van der Waals surface area contributed by atoms with Gasteiger partial charge in [-0.05, 0) is 27.0 Å². The van der Waals surface area contributed by atoms with Gasteiger partial charge in [0.1, 0.15) is 0 Å². The first-order valence-corrected chi connectivity index (χ1v) is 6.40. The van der Waals surface area contributed by atoms with Crippen molar-refractivity contribution in [2.75, 3.05) is 25.9 Å². The molecule has 1 rings (SSSR count). The van der Waals surface area contributed by atoms with E-state index in [1.165, 1.54) is 0 Å². The highest BCUT2D eigenvalue weighted by Gasteiger charge is 2.15. The summed E-state index contributed by atoms with van der Waals surface area (Å²) in [6, 6.07) is 7.33. The molecule has 0 saturated carbocycles. The van der Waals surface area contributed by atoms with Gasteiger partial charge in [0.2, 0.25) is 5.91 Å². The average molecular weight is 265 g/mol. The molecule has 5 heteroatoms. The molecule has 106 valence electrons. The Morgan fingerprint density at radius 3 is 2.63 bits per heavy atom. The highest BCUT2D eigenvalue weighted by Crippen LogP contribution is 2.20. The van der Waals surface area contributed by atoms with Gasteiger partial charge >= 0.3 is 0 Å². The van der Waals surface area contributed by atoms with Gasteiger partial charge in [-0.3, -0.25) is 9.69 Å². The van der Waals surface area contributed by atoms with E-state index in [1.54, 1.807) is 24.1 Å². The molecule has 0 aromatic heterocycles. The second kappa shape index (κ2) is 7.11. The number of aliphatic hydroxyl groups excluding tert-OH is 1. The molecule has 5 nitrogen and oxygen atoms in total. The van der Waals surface area contributed by atoms with E-state index in [0.717, 1.165) is 0 Å². The van der Waals surface area contributed by atoms with Crippen molar-refractivity contribution in [3.8, 4) is 0 Å². The van der Waals surface area contributed by atoms with Crippen molar-refractivity contribution >= 4 is 11.6 Å². The van der Waals surface area contributed by atoms with Crippen molar-refractivity contribution in [3.63, 3.8) is 0 Å². The maximum absolute atomic E-state index is 11.6. The second-order valence-electron chi connectivity index (χ2n) is 5.06. The summed E-state index contributed by atoms with van der Waals surface area (Å²) in [5, 5.41) is 12.9. The fourth-order valence-electron chi connectivity index (χ4n) is 1.89. The lowest BCUT2D eigenvalue weighted by Crippen LogP contribution is -2.39. The Hall–Kier alpha value is -1.59. The fourth-order valence-corrected chi connectivity index (χ4v) is 1.89. The van der Waals surface area contributed by atoms with Crippen LogP contribution in [0.5, 0.6) is 0 Å². The van der Waals surface area contributed by atoms with E-state index in [0.29, 0.717) is 17.8 Å². The van der Waals surface area contributed by atoms with E-state index >= 15 is 0 Å².